The highest BCUT2D eigenvalue weighted by Crippen LogP contribution is 2.22. The predicted octanol–water partition coefficient (Wildman–Crippen LogP) is 3.53. The zero-order chi connectivity index (χ0) is 14.5. The largest absolute Gasteiger partial charge is 0.497 e. The van der Waals surface area contributed by atoms with E-state index in [1.54, 1.807) is 18.9 Å². The molecule has 1 aromatic carbocycles. The van der Waals surface area contributed by atoms with E-state index in [-0.39, 0.29) is 0 Å². The molecule has 0 bridgehead atoms. The van der Waals surface area contributed by atoms with E-state index in [9.17, 15) is 0 Å². The molecule has 1 aliphatic heterocycles. The van der Waals surface area contributed by atoms with Crippen molar-refractivity contribution in [1.82, 2.24) is 4.98 Å². The van der Waals surface area contributed by atoms with E-state index in [0.29, 0.717) is 0 Å². The van der Waals surface area contributed by atoms with Gasteiger partial charge in [0.05, 0.1) is 18.5 Å². The molecule has 0 unspecified atom stereocenters. The Morgan fingerprint density at radius 2 is 1.95 bits per heavy atom. The molecule has 2 aromatic rings. The van der Waals surface area contributed by atoms with Crippen molar-refractivity contribution < 1.29 is 4.74 Å². The monoisotopic (exact) mass is 297 g/mol. The first-order valence-electron chi connectivity index (χ1n) is 6.65. The lowest BCUT2D eigenvalue weighted by Gasteiger charge is -2.03. The van der Waals surface area contributed by atoms with Crippen LogP contribution < -0.4 is 4.74 Å². The molecule has 3 rings (SSSR count). The highest BCUT2D eigenvalue weighted by Gasteiger charge is 2.15. The summed E-state index contributed by atoms with van der Waals surface area (Å²) < 4.78 is 5.16. The SMILES string of the molecule is COc1ccc(C2=NN=C(SCc3ccccn3)C2)cc1. The average molecular weight is 297 g/mol. The lowest BCUT2D eigenvalue weighted by molar-refractivity contribution is 0.415. The van der Waals surface area contributed by atoms with Gasteiger partial charge in [0, 0.05) is 18.4 Å². The summed E-state index contributed by atoms with van der Waals surface area (Å²) >= 11 is 1.69. The van der Waals surface area contributed by atoms with Crippen molar-refractivity contribution in [1.29, 1.82) is 0 Å². The van der Waals surface area contributed by atoms with Crippen molar-refractivity contribution in [2.75, 3.05) is 7.11 Å². The van der Waals surface area contributed by atoms with Crippen molar-refractivity contribution >= 4 is 22.5 Å². The van der Waals surface area contributed by atoms with Gasteiger partial charge in [0.15, 0.2) is 0 Å². The molecule has 0 fully saturated rings. The third-order valence-electron chi connectivity index (χ3n) is 3.14. The molecule has 0 atom stereocenters. The standard InChI is InChI=1S/C16H15N3OS/c1-20-14-7-5-12(6-8-14)15-10-16(19-18-15)21-11-13-4-2-3-9-17-13/h2-9H,10-11H2,1H3. The van der Waals surface area contributed by atoms with Crippen LogP contribution in [0.1, 0.15) is 17.7 Å². The zero-order valence-corrected chi connectivity index (χ0v) is 12.5. The molecule has 0 radical (unpaired) electrons. The predicted molar refractivity (Wildman–Crippen MR) is 87.1 cm³/mol. The van der Waals surface area contributed by atoms with E-state index in [1.807, 2.05) is 48.7 Å². The molecule has 21 heavy (non-hydrogen) atoms. The van der Waals surface area contributed by atoms with Gasteiger partial charge in [0.2, 0.25) is 0 Å². The van der Waals surface area contributed by atoms with Gasteiger partial charge in [-0.1, -0.05) is 6.07 Å². The molecule has 4 nitrogen and oxygen atoms in total. The molecular formula is C16H15N3OS. The smallest absolute Gasteiger partial charge is 0.118 e. The second-order valence-electron chi connectivity index (χ2n) is 4.56. The normalized spacial score (nSPS) is 13.8. The van der Waals surface area contributed by atoms with Crippen LogP contribution in [0, 0.1) is 0 Å². The fourth-order valence-electron chi connectivity index (χ4n) is 1.99. The van der Waals surface area contributed by atoms with Crippen molar-refractivity contribution in [2.24, 2.45) is 10.2 Å². The summed E-state index contributed by atoms with van der Waals surface area (Å²) in [5.41, 5.74) is 3.15. The quantitative estimate of drug-likeness (QED) is 0.867. The second kappa shape index (κ2) is 6.54. The summed E-state index contributed by atoms with van der Waals surface area (Å²) in [6.07, 6.45) is 2.59. The Balaban J connectivity index is 1.56. The highest BCUT2D eigenvalue weighted by molar-refractivity contribution is 8.13. The maximum Gasteiger partial charge on any atom is 0.118 e. The van der Waals surface area contributed by atoms with E-state index < -0.39 is 0 Å². The van der Waals surface area contributed by atoms with Gasteiger partial charge in [-0.05, 0) is 42.0 Å². The van der Waals surface area contributed by atoms with Gasteiger partial charge < -0.3 is 4.74 Å². The Morgan fingerprint density at radius 3 is 2.67 bits per heavy atom. The van der Waals surface area contributed by atoms with Crippen molar-refractivity contribution in [3.05, 3.63) is 59.9 Å². The Hall–Kier alpha value is -2.14. The van der Waals surface area contributed by atoms with E-state index in [2.05, 4.69) is 15.2 Å². The minimum absolute atomic E-state index is 0.782. The van der Waals surface area contributed by atoms with Crippen LogP contribution in [0.15, 0.2) is 58.9 Å². The molecule has 2 heterocycles. The van der Waals surface area contributed by atoms with Crippen LogP contribution in [-0.2, 0) is 5.75 Å². The summed E-state index contributed by atoms with van der Waals surface area (Å²) in [7, 11) is 1.66. The van der Waals surface area contributed by atoms with Gasteiger partial charge in [0.25, 0.3) is 0 Å². The van der Waals surface area contributed by atoms with Gasteiger partial charge in [-0.15, -0.1) is 16.9 Å². The Bertz CT molecular complexity index is 666. The molecule has 0 N–H and O–H groups in total. The molecular weight excluding hydrogens is 282 g/mol. The van der Waals surface area contributed by atoms with E-state index in [0.717, 1.165) is 39.9 Å². The number of methoxy groups -OCH3 is 1. The average Bonchev–Trinajstić information content (AvgIpc) is 3.03. The fraction of sp³-hybridized carbons (Fsp3) is 0.188. The number of pyridine rings is 1. The number of nitrogens with zero attached hydrogens (tertiary/aromatic N) is 3. The third kappa shape index (κ3) is 3.49. The number of ether oxygens (including phenoxy) is 1. The zero-order valence-electron chi connectivity index (χ0n) is 11.7. The van der Waals surface area contributed by atoms with Crippen molar-refractivity contribution in [2.45, 2.75) is 12.2 Å². The Labute approximate surface area is 128 Å². The number of hydrogen-bond acceptors (Lipinski definition) is 5. The Morgan fingerprint density at radius 1 is 1.10 bits per heavy atom. The van der Waals surface area contributed by atoms with Crippen LogP contribution in [-0.4, -0.2) is 22.8 Å². The summed E-state index contributed by atoms with van der Waals surface area (Å²) in [5, 5.41) is 9.57. The molecule has 1 aliphatic rings. The van der Waals surface area contributed by atoms with Crippen LogP contribution in [0.5, 0.6) is 5.75 Å². The maximum absolute atomic E-state index is 5.16. The lowest BCUT2D eigenvalue weighted by atomic mass is 10.1. The molecule has 5 heteroatoms. The Kier molecular flexibility index (Phi) is 4.31. The van der Waals surface area contributed by atoms with Crippen LogP contribution in [0.3, 0.4) is 0 Å². The summed E-state index contributed by atoms with van der Waals surface area (Å²) in [6.45, 7) is 0. The molecule has 0 amide bonds. The van der Waals surface area contributed by atoms with Crippen molar-refractivity contribution in [3.8, 4) is 5.75 Å². The molecule has 1 aromatic heterocycles. The molecule has 0 saturated heterocycles. The highest BCUT2D eigenvalue weighted by atomic mass is 32.2. The van der Waals surface area contributed by atoms with Gasteiger partial charge in [0.1, 0.15) is 10.8 Å². The number of hydrogen-bond donors (Lipinski definition) is 0. The number of aromatic nitrogens is 1. The van der Waals surface area contributed by atoms with Crippen LogP contribution in [0.2, 0.25) is 0 Å². The number of thioether (sulfide) groups is 1. The summed E-state index contributed by atoms with van der Waals surface area (Å²) in [6, 6.07) is 13.9. The van der Waals surface area contributed by atoms with Crippen LogP contribution >= 0.6 is 11.8 Å². The first-order chi connectivity index (χ1) is 10.3. The second-order valence-corrected chi connectivity index (χ2v) is 5.60. The fourth-order valence-corrected chi connectivity index (χ4v) is 2.82. The number of rotatable bonds is 4. The van der Waals surface area contributed by atoms with Gasteiger partial charge >= 0.3 is 0 Å². The molecule has 0 saturated carbocycles. The summed E-state index contributed by atoms with van der Waals surface area (Å²) in [4.78, 5) is 4.31. The first-order valence-corrected chi connectivity index (χ1v) is 7.64. The van der Waals surface area contributed by atoms with E-state index in [1.165, 1.54) is 0 Å². The van der Waals surface area contributed by atoms with Gasteiger partial charge in [-0.3, -0.25) is 4.98 Å². The van der Waals surface area contributed by atoms with Crippen LogP contribution in [0.25, 0.3) is 0 Å². The van der Waals surface area contributed by atoms with Gasteiger partial charge in [-0.2, -0.15) is 5.10 Å². The van der Waals surface area contributed by atoms with Crippen LogP contribution in [0.4, 0.5) is 0 Å². The molecule has 0 spiro atoms. The molecule has 0 aliphatic carbocycles. The maximum atomic E-state index is 5.16. The van der Waals surface area contributed by atoms with E-state index in [4.69, 9.17) is 4.74 Å². The third-order valence-corrected chi connectivity index (χ3v) is 4.14. The number of benzene rings is 1. The van der Waals surface area contributed by atoms with Crippen molar-refractivity contribution in [3.63, 3.8) is 0 Å². The molecule has 106 valence electrons. The summed E-state index contributed by atoms with van der Waals surface area (Å²) in [5.74, 6) is 1.67. The first kappa shape index (κ1) is 13.8. The lowest BCUT2D eigenvalue weighted by Crippen LogP contribution is -2.02. The minimum atomic E-state index is 0.782. The van der Waals surface area contributed by atoms with E-state index >= 15 is 0 Å². The minimum Gasteiger partial charge on any atom is -0.497 e. The topological polar surface area (TPSA) is 46.8 Å². The van der Waals surface area contributed by atoms with Gasteiger partial charge in [-0.25, -0.2) is 0 Å².